The minimum absolute atomic E-state index is 0.183. The van der Waals surface area contributed by atoms with Gasteiger partial charge in [-0.25, -0.2) is 4.39 Å². The van der Waals surface area contributed by atoms with Gasteiger partial charge in [-0.05, 0) is 49.4 Å². The van der Waals surface area contributed by atoms with Crippen LogP contribution >= 0.6 is 15.9 Å². The van der Waals surface area contributed by atoms with Gasteiger partial charge in [0, 0.05) is 17.1 Å². The molecule has 1 aliphatic rings. The summed E-state index contributed by atoms with van der Waals surface area (Å²) in [6, 6.07) is 5.05. The quantitative estimate of drug-likeness (QED) is 0.899. The topological polar surface area (TPSA) is 32.3 Å². The van der Waals surface area contributed by atoms with E-state index in [1.54, 1.807) is 6.07 Å². The van der Waals surface area contributed by atoms with Crippen molar-refractivity contribution >= 4 is 15.9 Å². The number of benzene rings is 1. The smallest absolute Gasteiger partial charge is 0.123 e. The number of hydrogen-bond acceptors (Lipinski definition) is 2. The molecule has 1 aromatic carbocycles. The van der Waals surface area contributed by atoms with Crippen molar-refractivity contribution in [3.05, 3.63) is 34.1 Å². The van der Waals surface area contributed by atoms with Crippen LogP contribution in [0.5, 0.6) is 0 Å². The molecule has 1 fully saturated rings. The minimum atomic E-state index is -0.214. The lowest BCUT2D eigenvalue weighted by atomic mass is 9.93. The van der Waals surface area contributed by atoms with Gasteiger partial charge >= 0.3 is 0 Å². The summed E-state index contributed by atoms with van der Waals surface area (Å²) in [6.45, 7) is 0.635. The van der Waals surface area contributed by atoms with Crippen LogP contribution in [0.3, 0.4) is 0 Å². The molecule has 0 aromatic heterocycles. The highest BCUT2D eigenvalue weighted by Gasteiger charge is 2.19. The van der Waals surface area contributed by atoms with Gasteiger partial charge in [-0.2, -0.15) is 0 Å². The maximum atomic E-state index is 13.1. The van der Waals surface area contributed by atoms with Gasteiger partial charge in [-0.1, -0.05) is 15.9 Å². The second kappa shape index (κ2) is 5.94. The van der Waals surface area contributed by atoms with E-state index < -0.39 is 0 Å². The molecule has 2 rings (SSSR count). The van der Waals surface area contributed by atoms with E-state index in [2.05, 4.69) is 21.2 Å². The summed E-state index contributed by atoms with van der Waals surface area (Å²) < 4.78 is 14.0. The van der Waals surface area contributed by atoms with Crippen molar-refractivity contribution in [2.75, 3.05) is 0 Å². The van der Waals surface area contributed by atoms with Crippen molar-refractivity contribution < 1.29 is 9.50 Å². The highest BCUT2D eigenvalue weighted by atomic mass is 79.9. The maximum Gasteiger partial charge on any atom is 0.123 e. The highest BCUT2D eigenvalue weighted by Crippen LogP contribution is 2.21. The molecule has 17 heavy (non-hydrogen) atoms. The Morgan fingerprint density at radius 1 is 1.41 bits per heavy atom. The van der Waals surface area contributed by atoms with Crippen molar-refractivity contribution in [3.63, 3.8) is 0 Å². The van der Waals surface area contributed by atoms with Gasteiger partial charge in [0.15, 0.2) is 0 Å². The third-order valence-corrected chi connectivity index (χ3v) is 4.01. The van der Waals surface area contributed by atoms with Crippen LogP contribution < -0.4 is 5.32 Å². The molecule has 1 aromatic rings. The Labute approximate surface area is 109 Å². The van der Waals surface area contributed by atoms with Gasteiger partial charge in [-0.15, -0.1) is 0 Å². The number of nitrogens with one attached hydrogen (secondary N) is 1. The van der Waals surface area contributed by atoms with Crippen LogP contribution in [-0.4, -0.2) is 17.3 Å². The largest absolute Gasteiger partial charge is 0.393 e. The first kappa shape index (κ1) is 13.0. The molecular weight excluding hydrogens is 285 g/mol. The van der Waals surface area contributed by atoms with Crippen LogP contribution in [0.25, 0.3) is 0 Å². The molecule has 0 saturated heterocycles. The lowest BCUT2D eigenvalue weighted by Gasteiger charge is -2.26. The maximum absolute atomic E-state index is 13.1. The molecule has 1 saturated carbocycles. The zero-order valence-electron chi connectivity index (χ0n) is 9.63. The second-order valence-electron chi connectivity index (χ2n) is 4.63. The molecule has 2 unspecified atom stereocenters. The predicted octanol–water partition coefficient (Wildman–Crippen LogP) is 2.98. The number of rotatable bonds is 3. The third-order valence-electron chi connectivity index (χ3n) is 3.24. The highest BCUT2D eigenvalue weighted by molar-refractivity contribution is 9.10. The summed E-state index contributed by atoms with van der Waals surface area (Å²) >= 11 is 3.41. The van der Waals surface area contributed by atoms with Crippen molar-refractivity contribution in [3.8, 4) is 0 Å². The van der Waals surface area contributed by atoms with Crippen molar-refractivity contribution in [2.24, 2.45) is 0 Å². The molecule has 0 spiro atoms. The average molecular weight is 302 g/mol. The summed E-state index contributed by atoms with van der Waals surface area (Å²) in [5.41, 5.74) is 0.921. The Morgan fingerprint density at radius 3 is 3.00 bits per heavy atom. The standard InChI is InChI=1S/C13H17BrFNO/c14-13-5-4-10(15)6-9(13)8-16-11-2-1-3-12(17)7-11/h4-6,11-12,16-17H,1-3,7-8H2. The first-order valence-electron chi connectivity index (χ1n) is 6.00. The third kappa shape index (κ3) is 3.76. The summed E-state index contributed by atoms with van der Waals surface area (Å²) in [7, 11) is 0. The van der Waals surface area contributed by atoms with Crippen LogP contribution in [0.4, 0.5) is 4.39 Å². The molecular formula is C13H17BrFNO. The van der Waals surface area contributed by atoms with E-state index in [4.69, 9.17) is 0 Å². The van der Waals surface area contributed by atoms with Crippen molar-refractivity contribution in [1.29, 1.82) is 0 Å². The fourth-order valence-electron chi connectivity index (χ4n) is 2.28. The van der Waals surface area contributed by atoms with Gasteiger partial charge < -0.3 is 10.4 Å². The van der Waals surface area contributed by atoms with E-state index in [1.807, 2.05) is 0 Å². The minimum Gasteiger partial charge on any atom is -0.393 e. The molecule has 0 amide bonds. The number of aliphatic hydroxyl groups excluding tert-OH is 1. The molecule has 94 valence electrons. The van der Waals surface area contributed by atoms with Crippen LogP contribution in [0.2, 0.25) is 0 Å². The zero-order valence-corrected chi connectivity index (χ0v) is 11.2. The lowest BCUT2D eigenvalue weighted by molar-refractivity contribution is 0.111. The number of halogens is 2. The lowest BCUT2D eigenvalue weighted by Crippen LogP contribution is -2.35. The normalized spacial score (nSPS) is 24.9. The van der Waals surface area contributed by atoms with Crippen LogP contribution in [-0.2, 0) is 6.54 Å². The number of hydrogen-bond donors (Lipinski definition) is 2. The van der Waals surface area contributed by atoms with Gasteiger partial charge in [-0.3, -0.25) is 0 Å². The fourth-order valence-corrected chi connectivity index (χ4v) is 2.67. The van der Waals surface area contributed by atoms with E-state index >= 15 is 0 Å². The summed E-state index contributed by atoms with van der Waals surface area (Å²) in [6.07, 6.45) is 3.67. The first-order chi connectivity index (χ1) is 8.15. The molecule has 2 nitrogen and oxygen atoms in total. The van der Waals surface area contributed by atoms with Gasteiger partial charge in [0.05, 0.1) is 6.10 Å². The van der Waals surface area contributed by atoms with Gasteiger partial charge in [0.1, 0.15) is 5.82 Å². The van der Waals surface area contributed by atoms with Gasteiger partial charge in [0.25, 0.3) is 0 Å². The molecule has 0 bridgehead atoms. The fraction of sp³-hybridized carbons (Fsp3) is 0.538. The Balaban J connectivity index is 1.90. The Kier molecular flexibility index (Phi) is 4.54. The second-order valence-corrected chi connectivity index (χ2v) is 5.49. The first-order valence-corrected chi connectivity index (χ1v) is 6.80. The Morgan fingerprint density at radius 2 is 2.24 bits per heavy atom. The predicted molar refractivity (Wildman–Crippen MR) is 69.2 cm³/mol. The molecule has 4 heteroatoms. The Bertz CT molecular complexity index is 386. The Hall–Kier alpha value is -0.450. The number of aliphatic hydroxyl groups is 1. The summed E-state index contributed by atoms with van der Waals surface area (Å²) in [4.78, 5) is 0. The van der Waals surface area contributed by atoms with E-state index in [0.717, 1.165) is 35.7 Å². The van der Waals surface area contributed by atoms with Crippen LogP contribution in [0.1, 0.15) is 31.2 Å². The van der Waals surface area contributed by atoms with Crippen molar-refractivity contribution in [2.45, 2.75) is 44.4 Å². The SMILES string of the molecule is OC1CCCC(NCc2cc(F)ccc2Br)C1. The van der Waals surface area contributed by atoms with E-state index in [0.29, 0.717) is 12.6 Å². The van der Waals surface area contributed by atoms with Gasteiger partial charge in [0.2, 0.25) is 0 Å². The molecule has 0 radical (unpaired) electrons. The van der Waals surface area contributed by atoms with E-state index in [9.17, 15) is 9.50 Å². The van der Waals surface area contributed by atoms with Crippen LogP contribution in [0, 0.1) is 5.82 Å². The molecule has 0 aliphatic heterocycles. The molecule has 0 heterocycles. The van der Waals surface area contributed by atoms with E-state index in [1.165, 1.54) is 12.1 Å². The molecule has 2 atom stereocenters. The monoisotopic (exact) mass is 301 g/mol. The summed E-state index contributed by atoms with van der Waals surface area (Å²) in [5.74, 6) is -0.214. The molecule has 2 N–H and O–H groups in total. The van der Waals surface area contributed by atoms with Crippen LogP contribution in [0.15, 0.2) is 22.7 Å². The average Bonchev–Trinajstić information content (AvgIpc) is 2.30. The van der Waals surface area contributed by atoms with E-state index in [-0.39, 0.29) is 11.9 Å². The van der Waals surface area contributed by atoms with Crippen molar-refractivity contribution in [1.82, 2.24) is 5.32 Å². The zero-order chi connectivity index (χ0) is 12.3. The molecule has 1 aliphatic carbocycles. The summed E-state index contributed by atoms with van der Waals surface area (Å²) in [5, 5.41) is 12.9.